The summed E-state index contributed by atoms with van der Waals surface area (Å²) in [5, 5.41) is 9.16. The molecule has 3 aromatic carbocycles. The first-order valence-corrected chi connectivity index (χ1v) is 23.0. The minimum Gasteiger partial charge on any atom is -0.399 e. The fourth-order valence-corrected chi connectivity index (χ4v) is 9.65. The minimum atomic E-state index is -5.02. The van der Waals surface area contributed by atoms with Crippen LogP contribution in [0.5, 0.6) is 0 Å². The smallest absolute Gasteiger partial charge is 0.399 e. The Balaban J connectivity index is 1.28. The molecule has 3 aromatic heterocycles. The van der Waals surface area contributed by atoms with Gasteiger partial charge in [0, 0.05) is 24.0 Å². The highest BCUT2D eigenvalue weighted by atomic mass is 35.5. The Morgan fingerprint density at radius 1 is 0.985 bits per heavy atom. The van der Waals surface area contributed by atoms with Crippen LogP contribution in [0.3, 0.4) is 0 Å². The molecule has 2 aliphatic carbocycles. The summed E-state index contributed by atoms with van der Waals surface area (Å²) in [6, 6.07) is 6.91. The van der Waals surface area contributed by atoms with Crippen LogP contribution >= 0.6 is 11.6 Å². The molecule has 6 aromatic rings. The second kappa shape index (κ2) is 16.0. The second-order valence-electron chi connectivity index (χ2n) is 18.0. The van der Waals surface area contributed by atoms with Crippen LogP contribution in [0.25, 0.3) is 27.5 Å². The summed E-state index contributed by atoms with van der Waals surface area (Å²) in [6.07, 6.45) is -8.34. The number of carbonyl (C=O) groups is 1. The van der Waals surface area contributed by atoms with Crippen LogP contribution in [0.1, 0.15) is 80.8 Å². The second-order valence-corrected chi connectivity index (χ2v) is 20.2. The van der Waals surface area contributed by atoms with Gasteiger partial charge in [0.15, 0.2) is 5.82 Å². The van der Waals surface area contributed by atoms with E-state index in [4.69, 9.17) is 25.9 Å². The Bertz CT molecular complexity index is 3240. The average Bonchev–Trinajstić information content (AvgIpc) is 3.63. The monoisotopic (exact) mass is 998 g/mol. The molecule has 0 unspecified atom stereocenters. The molecule has 1 aliphatic heterocycles. The molecule has 0 bridgehead atoms. The normalized spacial score (nSPS) is 19.7. The van der Waals surface area contributed by atoms with Crippen LogP contribution in [0.15, 0.2) is 53.3 Å². The summed E-state index contributed by atoms with van der Waals surface area (Å²) < 4.78 is 173. The third-order valence-corrected chi connectivity index (χ3v) is 13.5. The number of hydrogen-bond donors (Lipinski definition) is 2. The number of alkyl halides is 7. The van der Waals surface area contributed by atoms with Gasteiger partial charge in [-0.3, -0.25) is 28.2 Å². The number of nitrogens with zero attached hydrogens (tertiary/aromatic N) is 6. The summed E-state index contributed by atoms with van der Waals surface area (Å²) in [7, 11) is -5.28. The van der Waals surface area contributed by atoms with Crippen molar-refractivity contribution in [1.29, 1.82) is 0 Å². The predicted octanol–water partition coefficient (Wildman–Crippen LogP) is 7.34. The molecule has 26 heteroatoms. The number of nitrogens with one attached hydrogen (secondary N) is 2. The minimum absolute atomic E-state index is 0.0725. The number of halogens is 10. The predicted molar refractivity (Wildman–Crippen MR) is 229 cm³/mol. The summed E-state index contributed by atoms with van der Waals surface area (Å²) in [6.45, 7) is 4.16. The Morgan fingerprint density at radius 2 is 1.65 bits per heavy atom. The van der Waals surface area contributed by atoms with Gasteiger partial charge in [0.25, 0.3) is 17.9 Å². The Morgan fingerprint density at radius 3 is 2.26 bits per heavy atom. The first-order valence-electron chi connectivity index (χ1n) is 20.7. The fraction of sp³-hybridized carbons (Fsp3) is 0.405. The van der Waals surface area contributed by atoms with Gasteiger partial charge in [0.1, 0.15) is 41.9 Å². The van der Waals surface area contributed by atoms with Crippen molar-refractivity contribution >= 4 is 67.7 Å². The molecule has 14 nitrogen and oxygen atoms in total. The SMILES string of the molecule is CC1(C)OB(c2ccc3c(=O)n(-c4ccc(Cl)c5c(NS(C)(=O)=O)nn(CC(F)(F)F)c45)c([C@H](Cc4cc(F)cc(F)c4)NC(=O)Cn4nc(C(F)F)c5c4C(F)(F)[C@@H]4C[C@H]54)nc3c2)OC1(C)C. The molecule has 360 valence electrons. The number of aromatic nitrogens is 6. The third-order valence-electron chi connectivity index (χ3n) is 12.6. The summed E-state index contributed by atoms with van der Waals surface area (Å²) in [5.41, 5.74) is -5.93. The van der Waals surface area contributed by atoms with Crippen LogP contribution in [0.4, 0.5) is 45.3 Å². The van der Waals surface area contributed by atoms with Gasteiger partial charge in [-0.2, -0.15) is 32.1 Å². The number of carbonyl (C=O) groups excluding carboxylic acids is 1. The first-order chi connectivity index (χ1) is 31.5. The molecule has 9 rings (SSSR count). The molecular formula is C42H37BClF9N8O6S. The highest BCUT2D eigenvalue weighted by molar-refractivity contribution is 7.92. The molecule has 3 atom stereocenters. The van der Waals surface area contributed by atoms with Crippen LogP contribution in [-0.2, 0) is 49.6 Å². The number of fused-ring (bicyclic) bond motifs is 5. The molecule has 2 fully saturated rings. The molecule has 1 saturated heterocycles. The maximum atomic E-state index is 15.6. The van der Waals surface area contributed by atoms with Crippen molar-refractivity contribution in [3.05, 3.63) is 104 Å². The molecule has 1 amide bonds. The summed E-state index contributed by atoms with van der Waals surface area (Å²) in [5.74, 6) is -10.4. The van der Waals surface area contributed by atoms with E-state index in [1.807, 2.05) is 4.72 Å². The lowest BCUT2D eigenvalue weighted by atomic mass is 9.79. The Kier molecular flexibility index (Phi) is 11.1. The maximum absolute atomic E-state index is 15.6. The van der Waals surface area contributed by atoms with Gasteiger partial charge in [-0.05, 0) is 87.5 Å². The lowest BCUT2D eigenvalue weighted by molar-refractivity contribution is -0.141. The van der Waals surface area contributed by atoms with Crippen LogP contribution in [0, 0.1) is 17.6 Å². The largest absolute Gasteiger partial charge is 0.494 e. The maximum Gasteiger partial charge on any atom is 0.494 e. The molecule has 68 heavy (non-hydrogen) atoms. The van der Waals surface area contributed by atoms with Gasteiger partial charge in [-0.1, -0.05) is 17.7 Å². The lowest BCUT2D eigenvalue weighted by Gasteiger charge is -2.32. The zero-order chi connectivity index (χ0) is 49.4. The van der Waals surface area contributed by atoms with E-state index in [1.54, 1.807) is 27.7 Å². The Hall–Kier alpha value is -5.66. The third kappa shape index (κ3) is 8.37. The number of sulfonamides is 1. The van der Waals surface area contributed by atoms with E-state index in [0.29, 0.717) is 27.1 Å². The van der Waals surface area contributed by atoms with Gasteiger partial charge in [-0.25, -0.2) is 31.0 Å². The van der Waals surface area contributed by atoms with Crippen molar-refractivity contribution in [2.24, 2.45) is 5.92 Å². The molecule has 0 spiro atoms. The summed E-state index contributed by atoms with van der Waals surface area (Å²) in [4.78, 5) is 34.1. The van der Waals surface area contributed by atoms with E-state index in [1.165, 1.54) is 18.2 Å². The Labute approximate surface area is 384 Å². The molecule has 2 N–H and O–H groups in total. The van der Waals surface area contributed by atoms with Gasteiger partial charge in [-0.15, -0.1) is 0 Å². The average molecular weight is 999 g/mol. The highest BCUT2D eigenvalue weighted by Crippen LogP contribution is 2.68. The summed E-state index contributed by atoms with van der Waals surface area (Å²) >= 11 is 6.54. The molecule has 0 radical (unpaired) electrons. The zero-order valence-corrected chi connectivity index (χ0v) is 37.7. The lowest BCUT2D eigenvalue weighted by Crippen LogP contribution is -2.41. The van der Waals surface area contributed by atoms with Gasteiger partial charge >= 0.3 is 13.3 Å². The molecular weight excluding hydrogens is 962 g/mol. The topological polar surface area (TPSA) is 164 Å². The standard InChI is InChI=1S/C42H37BClF9N8O6S/c1-39(2)40(3,4)67-43(66-39)19-6-7-22-26(13-19)55-37(61(38(22)63)28-9-8-25(44)31-33(28)60(17-41(49,50)51)57-36(31)58-68(5,64)65)27(12-18-10-20(45)14-21(46)11-18)54-29(62)16-59-34-30(32(56-59)35(47)48)23-15-24(23)42(34,52)53/h6-11,13-14,23-24,27,35H,12,15-17H2,1-5H3,(H,54,62)(H,57,58)/t23-,24+,27-/m0/s1. The first kappa shape index (κ1) is 47.4. The molecule has 4 heterocycles. The van der Waals surface area contributed by atoms with Gasteiger partial charge in [0.05, 0.1) is 56.0 Å². The van der Waals surface area contributed by atoms with E-state index in [9.17, 15) is 43.9 Å². The quantitative estimate of drug-likeness (QED) is 0.0944. The van der Waals surface area contributed by atoms with E-state index >= 15 is 13.6 Å². The molecule has 1 saturated carbocycles. The van der Waals surface area contributed by atoms with Crippen molar-refractivity contribution in [2.45, 2.75) is 95.3 Å². The zero-order valence-electron chi connectivity index (χ0n) is 36.2. The highest BCUT2D eigenvalue weighted by Gasteiger charge is 2.67. The van der Waals surface area contributed by atoms with Crippen molar-refractivity contribution in [3.8, 4) is 5.69 Å². The van der Waals surface area contributed by atoms with Gasteiger partial charge in [0.2, 0.25) is 15.9 Å². The number of benzene rings is 3. The van der Waals surface area contributed by atoms with Crippen LogP contribution in [-0.4, -0.2) is 74.2 Å². The van der Waals surface area contributed by atoms with E-state index in [0.717, 1.165) is 28.8 Å². The van der Waals surface area contributed by atoms with Crippen LogP contribution < -0.4 is 21.1 Å². The van der Waals surface area contributed by atoms with E-state index < -0.39 is 147 Å². The number of amides is 1. The fourth-order valence-electron chi connectivity index (χ4n) is 8.91. The van der Waals surface area contributed by atoms with E-state index in [2.05, 4.69) is 15.5 Å². The molecule has 3 aliphatic rings. The van der Waals surface area contributed by atoms with Crippen molar-refractivity contribution in [3.63, 3.8) is 0 Å². The van der Waals surface area contributed by atoms with Crippen molar-refractivity contribution in [2.75, 3.05) is 11.0 Å². The van der Waals surface area contributed by atoms with E-state index in [-0.39, 0.29) is 33.5 Å². The van der Waals surface area contributed by atoms with Crippen molar-refractivity contribution < 1.29 is 62.0 Å². The number of hydrogen-bond acceptors (Lipinski definition) is 9. The number of anilines is 1. The van der Waals surface area contributed by atoms with Crippen molar-refractivity contribution in [1.82, 2.24) is 34.4 Å². The van der Waals surface area contributed by atoms with Crippen LogP contribution in [0.2, 0.25) is 5.02 Å². The number of rotatable bonds is 12. The van der Waals surface area contributed by atoms with Gasteiger partial charge < -0.3 is 14.6 Å².